The van der Waals surface area contributed by atoms with Gasteiger partial charge in [0.05, 0.1) is 16.8 Å². The van der Waals surface area contributed by atoms with Crippen molar-refractivity contribution >= 4 is 22.8 Å². The van der Waals surface area contributed by atoms with Gasteiger partial charge in [0.25, 0.3) is 5.91 Å². The van der Waals surface area contributed by atoms with E-state index in [2.05, 4.69) is 4.98 Å². The van der Waals surface area contributed by atoms with E-state index in [1.165, 1.54) is 0 Å². The number of benzene rings is 2. The summed E-state index contributed by atoms with van der Waals surface area (Å²) in [6.07, 6.45) is 0.593. The van der Waals surface area contributed by atoms with Crippen molar-refractivity contribution in [3.63, 3.8) is 0 Å². The molecule has 0 atom stereocenters. The molecule has 0 N–H and O–H groups in total. The molecule has 0 aliphatic carbocycles. The highest BCUT2D eigenvalue weighted by molar-refractivity contribution is 5.99. The topological polar surface area (TPSA) is 78.0 Å². The van der Waals surface area contributed by atoms with Gasteiger partial charge in [0, 0.05) is 18.5 Å². The van der Waals surface area contributed by atoms with Gasteiger partial charge in [-0.2, -0.15) is 0 Å². The average molecular weight is 434 g/mol. The summed E-state index contributed by atoms with van der Waals surface area (Å²) in [7, 11) is 0. The van der Waals surface area contributed by atoms with Gasteiger partial charge in [-0.05, 0) is 49.6 Å². The van der Waals surface area contributed by atoms with Crippen LogP contribution in [0, 0.1) is 6.92 Å². The Bertz CT molecular complexity index is 1170. The second-order valence-electron chi connectivity index (χ2n) is 7.60. The summed E-state index contributed by atoms with van der Waals surface area (Å²) in [6, 6.07) is 13.3. The molecular formula is C25H26N2O5. The number of carbonyl (C=O) groups excluding carboxylic acids is 2. The summed E-state index contributed by atoms with van der Waals surface area (Å²) in [4.78, 5) is 32.0. The molecule has 32 heavy (non-hydrogen) atoms. The number of hydrogen-bond donors (Lipinski definition) is 0. The number of fused-ring (bicyclic) bond motifs is 2. The zero-order valence-electron chi connectivity index (χ0n) is 18.5. The van der Waals surface area contributed by atoms with Gasteiger partial charge in [0.15, 0.2) is 18.1 Å². The maximum absolute atomic E-state index is 12.9. The molecule has 7 heteroatoms. The number of likely N-dealkylation sites (N-methyl/N-ethyl adjacent to an activating group) is 1. The van der Waals surface area contributed by atoms with Gasteiger partial charge in [-0.3, -0.25) is 9.78 Å². The van der Waals surface area contributed by atoms with Crippen molar-refractivity contribution in [3.8, 4) is 11.5 Å². The quantitative estimate of drug-likeness (QED) is 0.523. The van der Waals surface area contributed by atoms with Crippen molar-refractivity contribution in [3.05, 3.63) is 64.8 Å². The van der Waals surface area contributed by atoms with Crippen LogP contribution in [0.5, 0.6) is 11.5 Å². The molecule has 3 aromatic rings. The first kappa shape index (κ1) is 21.6. The van der Waals surface area contributed by atoms with E-state index in [4.69, 9.17) is 14.2 Å². The van der Waals surface area contributed by atoms with Crippen LogP contribution in [0.1, 0.15) is 41.0 Å². The van der Waals surface area contributed by atoms with E-state index < -0.39 is 5.97 Å². The second-order valence-corrected chi connectivity index (χ2v) is 7.60. The summed E-state index contributed by atoms with van der Waals surface area (Å²) < 4.78 is 16.2. The molecule has 0 saturated heterocycles. The predicted octanol–water partition coefficient (Wildman–Crippen LogP) is 4.04. The van der Waals surface area contributed by atoms with Gasteiger partial charge in [0.2, 0.25) is 6.79 Å². The largest absolute Gasteiger partial charge is 0.454 e. The molecule has 1 amide bonds. The number of nitrogens with zero attached hydrogens (tertiary/aromatic N) is 2. The summed E-state index contributed by atoms with van der Waals surface area (Å²) in [5.74, 6) is 0.583. The molecule has 0 radical (unpaired) electrons. The SMILES string of the molecule is CCc1nc2ccccc2c(C)c1C(=O)OCC(=O)N(CC)Cc1ccc2c(c1)OCO2. The lowest BCUT2D eigenvalue weighted by Crippen LogP contribution is -2.34. The molecule has 0 unspecified atom stereocenters. The Balaban J connectivity index is 1.46. The molecule has 0 fully saturated rings. The Labute approximate surface area is 186 Å². The molecule has 7 nitrogen and oxygen atoms in total. The number of para-hydroxylation sites is 1. The first-order valence-corrected chi connectivity index (χ1v) is 10.7. The molecule has 2 aromatic carbocycles. The van der Waals surface area contributed by atoms with Gasteiger partial charge in [0.1, 0.15) is 0 Å². The lowest BCUT2D eigenvalue weighted by molar-refractivity contribution is -0.134. The Morgan fingerprint density at radius 1 is 1.09 bits per heavy atom. The monoisotopic (exact) mass is 434 g/mol. The summed E-state index contributed by atoms with van der Waals surface area (Å²) in [5, 5.41) is 0.904. The molecule has 166 valence electrons. The highest BCUT2D eigenvalue weighted by Crippen LogP contribution is 2.32. The van der Waals surface area contributed by atoms with Crippen molar-refractivity contribution < 1.29 is 23.8 Å². The smallest absolute Gasteiger partial charge is 0.340 e. The number of pyridine rings is 1. The van der Waals surface area contributed by atoms with Gasteiger partial charge >= 0.3 is 5.97 Å². The zero-order valence-corrected chi connectivity index (χ0v) is 18.5. The van der Waals surface area contributed by atoms with Crippen LogP contribution in [-0.4, -0.2) is 41.7 Å². The van der Waals surface area contributed by atoms with Gasteiger partial charge in [-0.15, -0.1) is 0 Å². The Morgan fingerprint density at radius 3 is 2.66 bits per heavy atom. The minimum atomic E-state index is -0.523. The number of amides is 1. The number of esters is 1. The fraction of sp³-hybridized carbons (Fsp3) is 0.320. The number of aromatic nitrogens is 1. The Hall–Kier alpha value is -3.61. The van der Waals surface area contributed by atoms with Crippen molar-refractivity contribution in [1.29, 1.82) is 0 Å². The lowest BCUT2D eigenvalue weighted by Gasteiger charge is -2.21. The molecule has 4 rings (SSSR count). The van der Waals surface area contributed by atoms with Crippen LogP contribution in [-0.2, 0) is 22.5 Å². The van der Waals surface area contributed by atoms with E-state index in [1.807, 2.05) is 63.2 Å². The van der Waals surface area contributed by atoms with E-state index in [9.17, 15) is 9.59 Å². The number of rotatable bonds is 7. The van der Waals surface area contributed by atoms with Crippen LogP contribution >= 0.6 is 0 Å². The van der Waals surface area contributed by atoms with Crippen molar-refractivity contribution in [2.24, 2.45) is 0 Å². The summed E-state index contributed by atoms with van der Waals surface area (Å²) in [5.41, 5.74) is 3.69. The maximum atomic E-state index is 12.9. The van der Waals surface area contributed by atoms with E-state index in [0.29, 0.717) is 42.3 Å². The van der Waals surface area contributed by atoms with Gasteiger partial charge in [-0.25, -0.2) is 4.79 Å². The van der Waals surface area contributed by atoms with Crippen LogP contribution in [0.15, 0.2) is 42.5 Å². The number of carbonyl (C=O) groups is 2. The van der Waals surface area contributed by atoms with Gasteiger partial charge in [-0.1, -0.05) is 31.2 Å². The first-order chi connectivity index (χ1) is 15.5. The molecule has 1 aliphatic heterocycles. The molecule has 0 saturated carbocycles. The first-order valence-electron chi connectivity index (χ1n) is 10.7. The molecule has 2 heterocycles. The summed E-state index contributed by atoms with van der Waals surface area (Å²) in [6.45, 7) is 6.48. The van der Waals surface area contributed by atoms with E-state index in [1.54, 1.807) is 4.90 Å². The second kappa shape index (κ2) is 9.26. The Morgan fingerprint density at radius 2 is 1.88 bits per heavy atom. The molecule has 0 bridgehead atoms. The lowest BCUT2D eigenvalue weighted by atomic mass is 10.0. The minimum absolute atomic E-state index is 0.202. The van der Waals surface area contributed by atoms with Crippen molar-refractivity contribution in [1.82, 2.24) is 9.88 Å². The normalized spacial score (nSPS) is 12.1. The fourth-order valence-electron chi connectivity index (χ4n) is 3.89. The third-order valence-corrected chi connectivity index (χ3v) is 5.64. The highest BCUT2D eigenvalue weighted by atomic mass is 16.7. The molecular weight excluding hydrogens is 408 g/mol. The average Bonchev–Trinajstić information content (AvgIpc) is 3.28. The number of hydrogen-bond acceptors (Lipinski definition) is 6. The van der Waals surface area contributed by atoms with E-state index >= 15 is 0 Å². The zero-order chi connectivity index (χ0) is 22.7. The third kappa shape index (κ3) is 4.23. The van der Waals surface area contributed by atoms with Crippen LogP contribution in [0.4, 0.5) is 0 Å². The van der Waals surface area contributed by atoms with Crippen LogP contribution < -0.4 is 9.47 Å². The number of aryl methyl sites for hydroxylation is 2. The van der Waals surface area contributed by atoms with Gasteiger partial charge < -0.3 is 19.1 Å². The van der Waals surface area contributed by atoms with E-state index in [-0.39, 0.29) is 19.3 Å². The van der Waals surface area contributed by atoms with Crippen molar-refractivity contribution in [2.45, 2.75) is 33.7 Å². The maximum Gasteiger partial charge on any atom is 0.340 e. The molecule has 1 aromatic heterocycles. The number of ether oxygens (including phenoxy) is 3. The third-order valence-electron chi connectivity index (χ3n) is 5.64. The molecule has 1 aliphatic rings. The predicted molar refractivity (Wildman–Crippen MR) is 120 cm³/mol. The van der Waals surface area contributed by atoms with Crippen molar-refractivity contribution in [2.75, 3.05) is 19.9 Å². The van der Waals surface area contributed by atoms with Crippen LogP contribution in [0.3, 0.4) is 0 Å². The van der Waals surface area contributed by atoms with Crippen LogP contribution in [0.25, 0.3) is 10.9 Å². The fourth-order valence-corrected chi connectivity index (χ4v) is 3.89. The minimum Gasteiger partial charge on any atom is -0.454 e. The van der Waals surface area contributed by atoms with E-state index in [0.717, 1.165) is 22.0 Å². The standard InChI is InChI=1S/C25H26N2O5/c1-4-19-24(16(3)18-8-6-7-9-20(18)26-19)25(29)30-14-23(28)27(5-2)13-17-10-11-21-22(12-17)32-15-31-21/h6-12H,4-5,13-15H2,1-3H3. The Kier molecular flexibility index (Phi) is 6.25. The van der Waals surface area contributed by atoms with Crippen LogP contribution in [0.2, 0.25) is 0 Å². The summed E-state index contributed by atoms with van der Waals surface area (Å²) >= 11 is 0. The highest BCUT2D eigenvalue weighted by Gasteiger charge is 2.22. The molecule has 0 spiro atoms.